The van der Waals surface area contributed by atoms with Gasteiger partial charge in [0.2, 0.25) is 5.75 Å². The van der Waals surface area contributed by atoms with Crippen molar-refractivity contribution in [1.82, 2.24) is 20.2 Å². The van der Waals surface area contributed by atoms with Crippen molar-refractivity contribution in [3.05, 3.63) is 93.2 Å². The van der Waals surface area contributed by atoms with Gasteiger partial charge in [0.1, 0.15) is 6.17 Å². The molecule has 38 heavy (non-hydrogen) atoms. The van der Waals surface area contributed by atoms with Crippen molar-refractivity contribution in [1.29, 1.82) is 0 Å². The van der Waals surface area contributed by atoms with Crippen LogP contribution in [0, 0.1) is 11.8 Å². The average Bonchev–Trinajstić information content (AvgIpc) is 2.92. The van der Waals surface area contributed by atoms with E-state index >= 15 is 0 Å². The van der Waals surface area contributed by atoms with Crippen molar-refractivity contribution >= 4 is 0 Å². The Morgan fingerprint density at radius 1 is 1.08 bits per heavy atom. The molecule has 7 nitrogen and oxygen atoms in total. The lowest BCUT2D eigenvalue weighted by molar-refractivity contribution is 0.0342. The number of aromatic amines is 1. The Bertz CT molecular complexity index is 1320. The molecule has 3 N–H and O–H groups in total. The van der Waals surface area contributed by atoms with Crippen LogP contribution in [-0.2, 0) is 17.7 Å². The summed E-state index contributed by atoms with van der Waals surface area (Å²) in [6.45, 7) is 5.04. The van der Waals surface area contributed by atoms with Crippen LogP contribution in [0.3, 0.4) is 0 Å². The molecule has 3 aromatic rings. The Balaban J connectivity index is 1.24. The molecule has 0 spiro atoms. The molecule has 1 aliphatic carbocycles. The summed E-state index contributed by atoms with van der Waals surface area (Å²) < 4.78 is 18.7. The summed E-state index contributed by atoms with van der Waals surface area (Å²) in [5, 5.41) is 13.6. The van der Waals surface area contributed by atoms with Crippen LogP contribution in [0.5, 0.6) is 5.75 Å². The van der Waals surface area contributed by atoms with Crippen molar-refractivity contribution in [2.24, 2.45) is 0 Å². The molecule has 198 valence electrons. The predicted molar refractivity (Wildman–Crippen MR) is 144 cm³/mol. The lowest BCUT2D eigenvalue weighted by atomic mass is 9.88. The Morgan fingerprint density at radius 3 is 2.39 bits per heavy atom. The molecule has 8 heteroatoms. The zero-order valence-corrected chi connectivity index (χ0v) is 21.3. The minimum atomic E-state index is -0.733. The Labute approximate surface area is 222 Å². The van der Waals surface area contributed by atoms with Crippen molar-refractivity contribution in [2.75, 3.05) is 32.8 Å². The Hall–Kier alpha value is -3.51. The van der Waals surface area contributed by atoms with Crippen molar-refractivity contribution in [3.63, 3.8) is 0 Å². The quantitative estimate of drug-likeness (QED) is 0.399. The van der Waals surface area contributed by atoms with Gasteiger partial charge in [-0.3, -0.25) is 9.69 Å². The molecule has 1 aromatic heterocycles. The highest BCUT2D eigenvalue weighted by atomic mass is 19.1. The van der Waals surface area contributed by atoms with Crippen LogP contribution in [-0.4, -0.2) is 65.0 Å². The number of alkyl halides is 1. The molecule has 2 fully saturated rings. The van der Waals surface area contributed by atoms with E-state index in [0.717, 1.165) is 49.5 Å². The third kappa shape index (κ3) is 6.87. The summed E-state index contributed by atoms with van der Waals surface area (Å²) in [5.41, 5.74) is 3.96. The summed E-state index contributed by atoms with van der Waals surface area (Å²) in [5.74, 6) is 6.07. The van der Waals surface area contributed by atoms with Crippen LogP contribution in [0.4, 0.5) is 4.39 Å². The maximum atomic E-state index is 13.3. The zero-order valence-electron chi connectivity index (χ0n) is 21.3. The number of hydrogen-bond donors (Lipinski definition) is 3. The van der Waals surface area contributed by atoms with Gasteiger partial charge in [-0.25, -0.2) is 9.37 Å². The number of nitrogens with zero attached hydrogens (tertiary/aromatic N) is 2. The lowest BCUT2D eigenvalue weighted by Gasteiger charge is -2.32. The molecule has 2 heterocycles. The fourth-order valence-corrected chi connectivity index (χ4v) is 4.84. The molecule has 2 aromatic carbocycles. The molecule has 0 radical (unpaired) electrons. The topological polar surface area (TPSA) is 90.5 Å². The number of morpholine rings is 1. The highest BCUT2D eigenvalue weighted by molar-refractivity contribution is 5.44. The van der Waals surface area contributed by atoms with Gasteiger partial charge < -0.3 is 20.1 Å². The number of H-pyrrole nitrogens is 1. The number of aromatic hydroxyl groups is 1. The van der Waals surface area contributed by atoms with E-state index < -0.39 is 11.7 Å². The van der Waals surface area contributed by atoms with Crippen molar-refractivity contribution < 1.29 is 14.2 Å². The van der Waals surface area contributed by atoms with Gasteiger partial charge in [0.15, 0.2) is 0 Å². The van der Waals surface area contributed by atoms with Crippen LogP contribution in [0.2, 0.25) is 0 Å². The van der Waals surface area contributed by atoms with Crippen molar-refractivity contribution in [3.8, 4) is 17.6 Å². The molecular weight excluding hydrogens is 483 g/mol. The van der Waals surface area contributed by atoms with E-state index in [4.69, 9.17) is 4.74 Å². The van der Waals surface area contributed by atoms with Crippen LogP contribution < -0.4 is 10.9 Å². The number of hydrogen-bond acceptors (Lipinski definition) is 6. The number of nitrogens with one attached hydrogen (secondary N) is 2. The molecule has 0 amide bonds. The summed E-state index contributed by atoms with van der Waals surface area (Å²) in [4.78, 5) is 20.8. The number of rotatable bonds is 8. The second kappa shape index (κ2) is 12.4. The van der Waals surface area contributed by atoms with Gasteiger partial charge in [-0.2, -0.15) is 0 Å². The van der Waals surface area contributed by atoms with Gasteiger partial charge in [-0.15, -0.1) is 0 Å². The van der Waals surface area contributed by atoms with E-state index in [1.807, 2.05) is 24.3 Å². The monoisotopic (exact) mass is 516 g/mol. The van der Waals surface area contributed by atoms with E-state index in [-0.39, 0.29) is 17.7 Å². The largest absolute Gasteiger partial charge is 0.502 e. The third-order valence-electron chi connectivity index (χ3n) is 7.27. The normalized spacial score (nSPS) is 20.2. The third-order valence-corrected chi connectivity index (χ3v) is 7.27. The minimum Gasteiger partial charge on any atom is -0.502 e. The van der Waals surface area contributed by atoms with Gasteiger partial charge in [0.25, 0.3) is 5.56 Å². The SMILES string of the molecule is O=c1[nH]cnc(C[C@H](CN[C@H]2C[C@H](F)C2)c2ccc(C#Cc3ccc(CN4CCOCC4)cc3)cc2)c1O. The molecule has 1 atom stereocenters. The number of ether oxygens (including phenoxy) is 1. The number of aromatic nitrogens is 2. The molecule has 1 aliphatic heterocycles. The number of benzene rings is 2. The highest BCUT2D eigenvalue weighted by Gasteiger charge is 2.29. The Kier molecular flexibility index (Phi) is 8.49. The van der Waals surface area contributed by atoms with E-state index in [9.17, 15) is 14.3 Å². The maximum Gasteiger partial charge on any atom is 0.293 e. The fraction of sp³-hybridized carbons (Fsp3) is 0.400. The summed E-state index contributed by atoms with van der Waals surface area (Å²) in [7, 11) is 0. The summed E-state index contributed by atoms with van der Waals surface area (Å²) in [6.07, 6.45) is 1.99. The first-order valence-corrected chi connectivity index (χ1v) is 13.2. The van der Waals surface area contributed by atoms with E-state index in [1.54, 1.807) is 0 Å². The van der Waals surface area contributed by atoms with Crippen molar-refractivity contribution in [2.45, 2.75) is 43.9 Å². The van der Waals surface area contributed by atoms with Crippen LogP contribution in [0.15, 0.2) is 59.7 Å². The van der Waals surface area contributed by atoms with Gasteiger partial charge >= 0.3 is 0 Å². The summed E-state index contributed by atoms with van der Waals surface area (Å²) in [6, 6.07) is 16.5. The molecule has 0 unspecified atom stereocenters. The van der Waals surface area contributed by atoms with Crippen LogP contribution >= 0.6 is 0 Å². The first-order valence-electron chi connectivity index (χ1n) is 13.2. The lowest BCUT2D eigenvalue weighted by Crippen LogP contribution is -2.44. The number of halogens is 1. The molecule has 1 saturated carbocycles. The molecule has 0 bridgehead atoms. The van der Waals surface area contributed by atoms with E-state index in [1.165, 1.54) is 11.9 Å². The standard InChI is InChI=1S/C30H33FN4O3/c31-26-16-27(17-26)32-18-25(15-28-29(36)30(37)34-20-33-28)24-9-7-22(8-10-24)2-1-21-3-5-23(6-4-21)19-35-11-13-38-14-12-35/h3-10,20,25-27,32,36H,11-19H2,(H,33,34,37)/t25-,26-,27-/m1/s1. The maximum absolute atomic E-state index is 13.3. The van der Waals surface area contributed by atoms with Gasteiger partial charge in [0, 0.05) is 55.7 Å². The zero-order chi connectivity index (χ0) is 26.3. The van der Waals surface area contributed by atoms with E-state index in [0.29, 0.717) is 31.5 Å². The van der Waals surface area contributed by atoms with Gasteiger partial charge in [-0.1, -0.05) is 36.1 Å². The van der Waals surface area contributed by atoms with Crippen LogP contribution in [0.1, 0.15) is 46.7 Å². The average molecular weight is 517 g/mol. The predicted octanol–water partition coefficient (Wildman–Crippen LogP) is 3.12. The molecule has 2 aliphatic rings. The molecule has 5 rings (SSSR count). The second-order valence-electron chi connectivity index (χ2n) is 10.1. The van der Waals surface area contributed by atoms with E-state index in [2.05, 4.69) is 56.3 Å². The fourth-order valence-electron chi connectivity index (χ4n) is 4.84. The van der Waals surface area contributed by atoms with Gasteiger partial charge in [0.05, 0.1) is 25.2 Å². The minimum absolute atomic E-state index is 0.0464. The smallest absolute Gasteiger partial charge is 0.293 e. The van der Waals surface area contributed by atoms with Gasteiger partial charge in [-0.05, 0) is 48.2 Å². The molecular formula is C30H33FN4O3. The molecule has 1 saturated heterocycles. The van der Waals surface area contributed by atoms with Crippen LogP contribution in [0.25, 0.3) is 0 Å². The summed E-state index contributed by atoms with van der Waals surface area (Å²) >= 11 is 0. The highest BCUT2D eigenvalue weighted by Crippen LogP contribution is 2.26. The second-order valence-corrected chi connectivity index (χ2v) is 10.1. The first-order chi connectivity index (χ1) is 18.5. The Morgan fingerprint density at radius 2 is 1.74 bits per heavy atom. The first kappa shape index (κ1) is 26.1.